The molecule has 2 aliphatic rings. The highest BCUT2D eigenvalue weighted by atomic mass is 16.7. The highest BCUT2D eigenvalue weighted by Crippen LogP contribution is 2.26. The zero-order valence-electron chi connectivity index (χ0n) is 31.3. The number of aliphatic hydroxyl groups is 7. The number of carbonyl (C=O) groups excluding carboxylic acids is 2. The Morgan fingerprint density at radius 1 is 0.538 bits per heavy atom. The maximum Gasteiger partial charge on any atom is 0.306 e. The molecule has 52 heavy (non-hydrogen) atoms. The molecule has 0 aromatic rings. The molecular formula is C37H68O15. The predicted octanol–water partition coefficient (Wildman–Crippen LogP) is 2.14. The summed E-state index contributed by atoms with van der Waals surface area (Å²) in [6.07, 6.45) is 1.23. The fourth-order valence-corrected chi connectivity index (χ4v) is 6.21. The van der Waals surface area contributed by atoms with E-state index in [4.69, 9.17) is 28.4 Å². The normalized spacial score (nSPS) is 29.9. The largest absolute Gasteiger partial charge is 0.462 e. The molecule has 2 fully saturated rings. The average molecular weight is 753 g/mol. The molecule has 0 aliphatic carbocycles. The van der Waals surface area contributed by atoms with Crippen molar-refractivity contribution in [3.63, 3.8) is 0 Å². The summed E-state index contributed by atoms with van der Waals surface area (Å²) in [7, 11) is 0. The van der Waals surface area contributed by atoms with E-state index >= 15 is 0 Å². The maximum absolute atomic E-state index is 12.8. The summed E-state index contributed by atoms with van der Waals surface area (Å²) in [5, 5.41) is 71.3. The van der Waals surface area contributed by atoms with Crippen molar-refractivity contribution in [2.45, 2.75) is 197 Å². The minimum Gasteiger partial charge on any atom is -0.462 e. The van der Waals surface area contributed by atoms with Crippen LogP contribution in [0, 0.1) is 0 Å². The number of carbonyl (C=O) groups is 2. The molecule has 15 nitrogen and oxygen atoms in total. The first-order valence-corrected chi connectivity index (χ1v) is 19.6. The van der Waals surface area contributed by atoms with Gasteiger partial charge in [0.2, 0.25) is 0 Å². The molecule has 0 bridgehead atoms. The zero-order chi connectivity index (χ0) is 38.3. The number of esters is 2. The standard InChI is InChI=1S/C37H68O15/c1-3-5-7-8-9-10-11-12-13-14-15-16-18-20-29(40)50-25(22-47-28(39)19-17-6-4-2)23-48-36-35(46)33(44)31(42)27(52-36)24-49-37-34(45)32(43)30(41)26(21-38)51-37/h25-27,30-38,41-46H,3-24H2,1-2H3/t25-,26-,27-,30+,31+,32+,33+,34-,35-,36-,37+/m1/s1. The highest BCUT2D eigenvalue weighted by Gasteiger charge is 2.47. The van der Waals surface area contributed by atoms with Gasteiger partial charge in [-0.2, -0.15) is 0 Å². The number of hydrogen-bond acceptors (Lipinski definition) is 15. The number of unbranched alkanes of at least 4 members (excludes halogenated alkanes) is 14. The Hall–Kier alpha value is -1.50. The fraction of sp³-hybridized carbons (Fsp3) is 0.946. The molecule has 7 N–H and O–H groups in total. The quantitative estimate of drug-likeness (QED) is 0.0449. The maximum atomic E-state index is 12.8. The summed E-state index contributed by atoms with van der Waals surface area (Å²) in [5.74, 6) is -0.950. The van der Waals surface area contributed by atoms with Gasteiger partial charge in [0.15, 0.2) is 18.7 Å². The van der Waals surface area contributed by atoms with Gasteiger partial charge in [0.1, 0.15) is 55.4 Å². The third-order valence-corrected chi connectivity index (χ3v) is 9.59. The summed E-state index contributed by atoms with van der Waals surface area (Å²) in [6.45, 7) is 2.36. The van der Waals surface area contributed by atoms with Crippen LogP contribution in [0.2, 0.25) is 0 Å². The lowest BCUT2D eigenvalue weighted by molar-refractivity contribution is -0.332. The van der Waals surface area contributed by atoms with Gasteiger partial charge in [-0.05, 0) is 12.8 Å². The first-order chi connectivity index (χ1) is 25.0. The van der Waals surface area contributed by atoms with Gasteiger partial charge in [0.25, 0.3) is 0 Å². The Morgan fingerprint density at radius 3 is 1.54 bits per heavy atom. The molecule has 0 aromatic carbocycles. The topological polar surface area (TPSA) is 231 Å². The monoisotopic (exact) mass is 752 g/mol. The van der Waals surface area contributed by atoms with Crippen molar-refractivity contribution in [1.29, 1.82) is 0 Å². The number of hydrogen-bond donors (Lipinski definition) is 7. The summed E-state index contributed by atoms with van der Waals surface area (Å²) in [4.78, 5) is 25.0. The molecule has 2 saturated heterocycles. The minimum absolute atomic E-state index is 0.170. The number of aliphatic hydroxyl groups excluding tert-OH is 7. The van der Waals surface area contributed by atoms with E-state index in [0.717, 1.165) is 32.1 Å². The molecule has 0 amide bonds. The van der Waals surface area contributed by atoms with Gasteiger partial charge >= 0.3 is 11.9 Å². The third kappa shape index (κ3) is 17.3. The van der Waals surface area contributed by atoms with Crippen LogP contribution in [0.25, 0.3) is 0 Å². The lowest BCUT2D eigenvalue weighted by atomic mass is 9.98. The second-order valence-corrected chi connectivity index (χ2v) is 14.1. The first-order valence-electron chi connectivity index (χ1n) is 19.6. The second-order valence-electron chi connectivity index (χ2n) is 14.1. The van der Waals surface area contributed by atoms with Crippen molar-refractivity contribution >= 4 is 11.9 Å². The van der Waals surface area contributed by atoms with Crippen molar-refractivity contribution in [3.05, 3.63) is 0 Å². The molecule has 0 spiro atoms. The summed E-state index contributed by atoms with van der Waals surface area (Å²) < 4.78 is 33.0. The van der Waals surface area contributed by atoms with Crippen LogP contribution in [0.1, 0.15) is 129 Å². The molecule has 306 valence electrons. The van der Waals surface area contributed by atoms with Crippen LogP contribution in [0.4, 0.5) is 0 Å². The van der Waals surface area contributed by atoms with E-state index in [1.807, 2.05) is 6.92 Å². The van der Waals surface area contributed by atoms with E-state index in [1.165, 1.54) is 57.8 Å². The van der Waals surface area contributed by atoms with Crippen LogP contribution >= 0.6 is 0 Å². The molecule has 15 heteroatoms. The zero-order valence-corrected chi connectivity index (χ0v) is 31.3. The molecular weight excluding hydrogens is 684 g/mol. The van der Waals surface area contributed by atoms with E-state index in [2.05, 4.69) is 6.92 Å². The van der Waals surface area contributed by atoms with Crippen LogP contribution in [0.15, 0.2) is 0 Å². The molecule has 0 radical (unpaired) electrons. The average Bonchev–Trinajstić information content (AvgIpc) is 3.13. The van der Waals surface area contributed by atoms with Crippen LogP contribution in [0.5, 0.6) is 0 Å². The second kappa shape index (κ2) is 27.1. The van der Waals surface area contributed by atoms with E-state index in [9.17, 15) is 45.3 Å². The van der Waals surface area contributed by atoms with Gasteiger partial charge in [-0.25, -0.2) is 0 Å². The SMILES string of the molecule is CCCCCCCCCCCCCCCC(=O)O[C@H](COC(=O)CCCCC)CO[C@@H]1O[C@H](CO[C@H]2O[C@H](CO)[C@H](O)[C@H](O)[C@H]2O)[C@H](O)[C@H](O)[C@H]1O. The Labute approximate surface area is 308 Å². The van der Waals surface area contributed by atoms with Gasteiger partial charge in [-0.1, -0.05) is 104 Å². The van der Waals surface area contributed by atoms with Gasteiger partial charge in [0.05, 0.1) is 19.8 Å². The number of rotatable bonds is 28. The van der Waals surface area contributed by atoms with Crippen LogP contribution < -0.4 is 0 Å². The van der Waals surface area contributed by atoms with Gasteiger partial charge in [-0.15, -0.1) is 0 Å². The van der Waals surface area contributed by atoms with E-state index in [-0.39, 0.29) is 26.1 Å². The van der Waals surface area contributed by atoms with E-state index in [1.54, 1.807) is 0 Å². The van der Waals surface area contributed by atoms with E-state index in [0.29, 0.717) is 12.8 Å². The van der Waals surface area contributed by atoms with Gasteiger partial charge in [0, 0.05) is 12.8 Å². The van der Waals surface area contributed by atoms with Crippen molar-refractivity contribution < 1.29 is 73.8 Å². The number of ether oxygens (including phenoxy) is 6. The Morgan fingerprint density at radius 2 is 0.981 bits per heavy atom. The third-order valence-electron chi connectivity index (χ3n) is 9.59. The molecule has 11 atom stereocenters. The summed E-state index contributed by atoms with van der Waals surface area (Å²) >= 11 is 0. The Bertz CT molecular complexity index is 939. The van der Waals surface area contributed by atoms with Crippen molar-refractivity contribution in [2.75, 3.05) is 26.4 Å². The minimum atomic E-state index is -1.75. The van der Waals surface area contributed by atoms with E-state index < -0.39 is 92.7 Å². The predicted molar refractivity (Wildman–Crippen MR) is 188 cm³/mol. The van der Waals surface area contributed by atoms with Crippen LogP contribution in [-0.4, -0.2) is 142 Å². The lowest BCUT2D eigenvalue weighted by Crippen LogP contribution is -2.61. The van der Waals surface area contributed by atoms with Crippen LogP contribution in [-0.2, 0) is 38.0 Å². The Balaban J connectivity index is 1.84. The summed E-state index contributed by atoms with van der Waals surface area (Å²) in [6, 6.07) is 0. The van der Waals surface area contributed by atoms with Crippen molar-refractivity contribution in [1.82, 2.24) is 0 Å². The first kappa shape index (κ1) is 46.7. The fourth-order valence-electron chi connectivity index (χ4n) is 6.21. The van der Waals surface area contributed by atoms with Gasteiger partial charge in [-0.3, -0.25) is 9.59 Å². The Kier molecular flexibility index (Phi) is 24.3. The molecule has 2 aliphatic heterocycles. The smallest absolute Gasteiger partial charge is 0.306 e. The lowest BCUT2D eigenvalue weighted by Gasteiger charge is -2.42. The molecule has 0 unspecified atom stereocenters. The van der Waals surface area contributed by atoms with Gasteiger partial charge < -0.3 is 64.2 Å². The summed E-state index contributed by atoms with van der Waals surface area (Å²) in [5.41, 5.74) is 0. The molecule has 0 saturated carbocycles. The molecule has 0 aromatic heterocycles. The van der Waals surface area contributed by atoms with Crippen molar-refractivity contribution in [2.24, 2.45) is 0 Å². The van der Waals surface area contributed by atoms with Crippen LogP contribution in [0.3, 0.4) is 0 Å². The molecule has 2 heterocycles. The highest BCUT2D eigenvalue weighted by molar-refractivity contribution is 5.70. The van der Waals surface area contributed by atoms with Crippen molar-refractivity contribution in [3.8, 4) is 0 Å². The molecule has 2 rings (SSSR count).